The van der Waals surface area contributed by atoms with E-state index in [-0.39, 0.29) is 5.82 Å². The van der Waals surface area contributed by atoms with Crippen molar-refractivity contribution >= 4 is 17.2 Å². The minimum absolute atomic E-state index is 0.259. The Labute approximate surface area is 242 Å². The highest BCUT2D eigenvalue weighted by atomic mass is 19.1. The number of aryl methyl sites for hydroxylation is 1. The van der Waals surface area contributed by atoms with Gasteiger partial charge in [-0.2, -0.15) is 0 Å². The molecule has 1 heterocycles. The number of rotatable bonds is 9. The number of hydrogen-bond donors (Lipinski definition) is 0. The van der Waals surface area contributed by atoms with Crippen molar-refractivity contribution in [1.29, 1.82) is 0 Å². The molecule has 5 rings (SSSR count). The summed E-state index contributed by atoms with van der Waals surface area (Å²) in [6.07, 6.45) is 3.43. The van der Waals surface area contributed by atoms with Crippen molar-refractivity contribution in [3.05, 3.63) is 142 Å². The summed E-state index contributed by atoms with van der Waals surface area (Å²) in [5.41, 5.74) is 5.99. The van der Waals surface area contributed by atoms with E-state index < -0.39 is 6.10 Å². The lowest BCUT2D eigenvalue weighted by Crippen LogP contribution is -2.20. The van der Waals surface area contributed by atoms with Crippen LogP contribution in [-0.4, -0.2) is 23.2 Å². The molecule has 0 radical (unpaired) electrons. The van der Waals surface area contributed by atoms with Crippen LogP contribution in [-0.2, 0) is 13.1 Å². The molecule has 0 fully saturated rings. The van der Waals surface area contributed by atoms with E-state index in [9.17, 15) is 9.18 Å². The van der Waals surface area contributed by atoms with Crippen LogP contribution in [0.5, 0.6) is 5.75 Å². The normalized spacial score (nSPS) is 10.9. The second-order valence-corrected chi connectivity index (χ2v) is 10.2. The summed E-state index contributed by atoms with van der Waals surface area (Å²) in [6.45, 7) is 7.39. The van der Waals surface area contributed by atoms with Crippen LogP contribution in [0.1, 0.15) is 64.5 Å². The van der Waals surface area contributed by atoms with Gasteiger partial charge in [0, 0.05) is 24.7 Å². The Morgan fingerprint density at radius 3 is 2.00 bits per heavy atom. The van der Waals surface area contributed by atoms with Crippen LogP contribution >= 0.6 is 0 Å². The third-order valence-electron chi connectivity index (χ3n) is 6.80. The van der Waals surface area contributed by atoms with Gasteiger partial charge in [-0.1, -0.05) is 99.1 Å². The van der Waals surface area contributed by atoms with Gasteiger partial charge in [0.25, 0.3) is 0 Å². The number of carbonyl (C=O) groups is 1. The Balaban J connectivity index is 0.00000124. The average molecular weight is 549 g/mol. The van der Waals surface area contributed by atoms with Gasteiger partial charge in [-0.25, -0.2) is 4.39 Å². The van der Waals surface area contributed by atoms with Crippen LogP contribution in [0.15, 0.2) is 103 Å². The summed E-state index contributed by atoms with van der Waals surface area (Å²) in [5, 5.41) is 0.943. The van der Waals surface area contributed by atoms with Crippen LogP contribution in [0.4, 0.5) is 4.39 Å². The van der Waals surface area contributed by atoms with Crippen molar-refractivity contribution in [3.63, 3.8) is 0 Å². The number of aromatic nitrogens is 1. The molecule has 4 nitrogen and oxygen atoms in total. The van der Waals surface area contributed by atoms with Gasteiger partial charge in [-0.3, -0.25) is 14.7 Å². The van der Waals surface area contributed by atoms with Gasteiger partial charge in [0.2, 0.25) is 0 Å². The maximum absolute atomic E-state index is 13.4. The van der Waals surface area contributed by atoms with E-state index in [1.165, 1.54) is 18.6 Å². The van der Waals surface area contributed by atoms with Gasteiger partial charge in [-0.05, 0) is 60.0 Å². The van der Waals surface area contributed by atoms with Gasteiger partial charge >= 0.3 is 0 Å². The van der Waals surface area contributed by atoms with Crippen molar-refractivity contribution in [2.45, 2.75) is 46.4 Å². The molecule has 0 aliphatic heterocycles. The SMILES string of the molecule is CCC.Cc1c(CN(C)Cc2ccc(F)cc2)c(C=O)c(OC(c2ccccc2)c2ccccc2)c2ncccc12. The molecule has 5 aromatic rings. The number of nitrogens with zero attached hydrogens (tertiary/aromatic N) is 2. The van der Waals surface area contributed by atoms with Gasteiger partial charge in [-0.15, -0.1) is 0 Å². The molecule has 0 bridgehead atoms. The molecule has 41 heavy (non-hydrogen) atoms. The number of fused-ring (bicyclic) bond motifs is 1. The molecule has 0 aliphatic rings. The molecule has 0 amide bonds. The molecule has 0 spiro atoms. The Kier molecular flexibility index (Phi) is 10.4. The van der Waals surface area contributed by atoms with Crippen LogP contribution in [0.3, 0.4) is 0 Å². The van der Waals surface area contributed by atoms with Gasteiger partial charge in [0.1, 0.15) is 17.4 Å². The van der Waals surface area contributed by atoms with Crippen LogP contribution in [0, 0.1) is 12.7 Å². The van der Waals surface area contributed by atoms with Crippen LogP contribution < -0.4 is 4.74 Å². The predicted octanol–water partition coefficient (Wildman–Crippen LogP) is 8.71. The smallest absolute Gasteiger partial charge is 0.157 e. The first-order valence-electron chi connectivity index (χ1n) is 14.0. The van der Waals surface area contributed by atoms with Crippen molar-refractivity contribution in [2.75, 3.05) is 7.05 Å². The molecular weight excluding hydrogens is 511 g/mol. The van der Waals surface area contributed by atoms with E-state index in [2.05, 4.69) is 23.7 Å². The first-order chi connectivity index (χ1) is 20.0. The standard InChI is InChI=1S/C33H29FN2O2.C3H8/c1-23-28-14-9-19-35-31(28)33(38-32(25-10-5-3-6-11-25)26-12-7-4-8-13-26)30(22-37)29(23)21-36(2)20-24-15-17-27(34)18-16-24;1-3-2/h3-19,22,32H,20-21H2,1-2H3;3H2,1-2H3. The summed E-state index contributed by atoms with van der Waals surface area (Å²) in [5.74, 6) is 0.217. The molecule has 0 atom stereocenters. The Bertz CT molecular complexity index is 1510. The van der Waals surface area contributed by atoms with Crippen molar-refractivity contribution in [2.24, 2.45) is 0 Å². The topological polar surface area (TPSA) is 42.4 Å². The molecule has 4 aromatic carbocycles. The molecule has 210 valence electrons. The highest BCUT2D eigenvalue weighted by Gasteiger charge is 2.24. The van der Waals surface area contributed by atoms with Gasteiger partial charge in [0.05, 0.1) is 5.56 Å². The van der Waals surface area contributed by atoms with E-state index in [1.54, 1.807) is 18.3 Å². The Morgan fingerprint density at radius 2 is 1.44 bits per heavy atom. The second-order valence-electron chi connectivity index (χ2n) is 10.2. The van der Waals surface area contributed by atoms with Crippen molar-refractivity contribution in [1.82, 2.24) is 9.88 Å². The van der Waals surface area contributed by atoms with Gasteiger partial charge in [0.15, 0.2) is 12.0 Å². The Hall–Kier alpha value is -4.35. The minimum atomic E-state index is -0.422. The maximum atomic E-state index is 13.4. The minimum Gasteiger partial charge on any atom is -0.478 e. The fourth-order valence-electron chi connectivity index (χ4n) is 4.90. The molecule has 0 N–H and O–H groups in total. The lowest BCUT2D eigenvalue weighted by Gasteiger charge is -2.25. The molecular formula is C36H37FN2O2. The number of hydrogen-bond acceptors (Lipinski definition) is 4. The van der Waals surface area contributed by atoms with Crippen LogP contribution in [0.2, 0.25) is 0 Å². The first kappa shape index (κ1) is 29.6. The molecule has 5 heteroatoms. The fraction of sp³-hybridized carbons (Fsp3) is 0.222. The van der Waals surface area contributed by atoms with Crippen LogP contribution in [0.25, 0.3) is 10.9 Å². The quantitative estimate of drug-likeness (QED) is 0.173. The number of aldehydes is 1. The maximum Gasteiger partial charge on any atom is 0.157 e. The summed E-state index contributed by atoms with van der Waals surface area (Å²) >= 11 is 0. The van der Waals surface area contributed by atoms with Crippen molar-refractivity contribution in [3.8, 4) is 5.75 Å². The molecule has 0 saturated heterocycles. The highest BCUT2D eigenvalue weighted by Crippen LogP contribution is 2.38. The van der Waals surface area contributed by atoms with E-state index in [1.807, 2.05) is 86.8 Å². The highest BCUT2D eigenvalue weighted by molar-refractivity contribution is 5.98. The van der Waals surface area contributed by atoms with Crippen molar-refractivity contribution < 1.29 is 13.9 Å². The predicted molar refractivity (Wildman–Crippen MR) is 165 cm³/mol. The lowest BCUT2D eigenvalue weighted by atomic mass is 9.95. The number of pyridine rings is 1. The second kappa shape index (κ2) is 14.3. The molecule has 0 aliphatic carbocycles. The third kappa shape index (κ3) is 7.24. The third-order valence-corrected chi connectivity index (χ3v) is 6.80. The number of carbonyl (C=O) groups excluding carboxylic acids is 1. The fourth-order valence-corrected chi connectivity index (χ4v) is 4.90. The summed E-state index contributed by atoms with van der Waals surface area (Å²) in [7, 11) is 1.99. The first-order valence-corrected chi connectivity index (χ1v) is 14.0. The molecule has 1 aromatic heterocycles. The zero-order valence-electron chi connectivity index (χ0n) is 24.2. The monoisotopic (exact) mass is 548 g/mol. The summed E-state index contributed by atoms with van der Waals surface area (Å²) < 4.78 is 20.2. The van der Waals surface area contributed by atoms with E-state index in [0.717, 1.165) is 39.5 Å². The van der Waals surface area contributed by atoms with E-state index in [0.29, 0.717) is 29.9 Å². The summed E-state index contributed by atoms with van der Waals surface area (Å²) in [4.78, 5) is 19.5. The zero-order chi connectivity index (χ0) is 29.2. The van der Waals surface area contributed by atoms with E-state index >= 15 is 0 Å². The molecule has 0 saturated carbocycles. The van der Waals surface area contributed by atoms with Gasteiger partial charge < -0.3 is 4.74 Å². The van der Waals surface area contributed by atoms with E-state index in [4.69, 9.17) is 4.74 Å². The largest absolute Gasteiger partial charge is 0.478 e. The average Bonchev–Trinajstić information content (AvgIpc) is 3.00. The molecule has 0 unspecified atom stereocenters. The number of benzene rings is 4. The number of ether oxygens (including phenoxy) is 1. The lowest BCUT2D eigenvalue weighted by molar-refractivity contribution is 0.111. The summed E-state index contributed by atoms with van der Waals surface area (Å²) in [6, 6.07) is 30.4. The zero-order valence-corrected chi connectivity index (χ0v) is 24.2. The number of halogens is 1. The Morgan fingerprint density at radius 1 is 0.854 bits per heavy atom.